The van der Waals surface area contributed by atoms with Crippen molar-refractivity contribution >= 4 is 27.7 Å². The molecule has 0 spiro atoms. The van der Waals surface area contributed by atoms with Crippen molar-refractivity contribution in [2.24, 2.45) is 0 Å². The SMILES string of the molecule is CCc1nn(CC)c(CN2CC(=O)NC(=O)C2C)c1Br. The van der Waals surface area contributed by atoms with E-state index in [1.54, 1.807) is 0 Å². The van der Waals surface area contributed by atoms with Crippen LogP contribution in [0.15, 0.2) is 4.47 Å². The van der Waals surface area contributed by atoms with Crippen LogP contribution in [0, 0.1) is 0 Å². The quantitative estimate of drug-likeness (QED) is 0.831. The van der Waals surface area contributed by atoms with Crippen molar-refractivity contribution in [3.63, 3.8) is 0 Å². The third kappa shape index (κ3) is 2.78. The van der Waals surface area contributed by atoms with Gasteiger partial charge in [0.2, 0.25) is 11.8 Å². The van der Waals surface area contributed by atoms with E-state index in [4.69, 9.17) is 0 Å². The van der Waals surface area contributed by atoms with Crippen molar-refractivity contribution in [2.45, 2.75) is 46.3 Å². The summed E-state index contributed by atoms with van der Waals surface area (Å²) >= 11 is 3.58. The summed E-state index contributed by atoms with van der Waals surface area (Å²) in [5, 5.41) is 6.88. The molecule has 6 nitrogen and oxygen atoms in total. The summed E-state index contributed by atoms with van der Waals surface area (Å²) in [7, 11) is 0. The Morgan fingerprint density at radius 3 is 2.70 bits per heavy atom. The summed E-state index contributed by atoms with van der Waals surface area (Å²) in [6.07, 6.45) is 0.843. The first kappa shape index (κ1) is 15.2. The second kappa shape index (κ2) is 6.05. The average molecular weight is 343 g/mol. The lowest BCUT2D eigenvalue weighted by Gasteiger charge is -2.31. The Labute approximate surface area is 126 Å². The Morgan fingerprint density at radius 2 is 2.10 bits per heavy atom. The molecule has 0 aromatic carbocycles. The van der Waals surface area contributed by atoms with Gasteiger partial charge in [-0.25, -0.2) is 0 Å². The molecule has 1 aromatic heterocycles. The van der Waals surface area contributed by atoms with Crippen LogP contribution in [0.25, 0.3) is 0 Å². The first-order chi connectivity index (χ1) is 9.47. The van der Waals surface area contributed by atoms with Gasteiger partial charge in [-0.05, 0) is 36.2 Å². The van der Waals surface area contributed by atoms with Gasteiger partial charge in [-0.2, -0.15) is 5.10 Å². The van der Waals surface area contributed by atoms with Gasteiger partial charge < -0.3 is 0 Å². The summed E-state index contributed by atoms with van der Waals surface area (Å²) in [6.45, 7) is 7.41. The highest BCUT2D eigenvalue weighted by Crippen LogP contribution is 2.24. The van der Waals surface area contributed by atoms with Gasteiger partial charge in [0, 0.05) is 13.1 Å². The predicted octanol–water partition coefficient (Wildman–Crippen LogP) is 1.07. The molecule has 0 saturated carbocycles. The van der Waals surface area contributed by atoms with Gasteiger partial charge in [-0.1, -0.05) is 6.92 Å². The molecule has 2 amide bonds. The van der Waals surface area contributed by atoms with E-state index in [0.29, 0.717) is 6.54 Å². The van der Waals surface area contributed by atoms with Gasteiger partial charge in [0.1, 0.15) is 0 Å². The molecule has 1 atom stereocenters. The molecule has 1 aliphatic heterocycles. The van der Waals surface area contributed by atoms with E-state index in [2.05, 4.69) is 33.3 Å². The molecule has 1 fully saturated rings. The molecule has 2 rings (SSSR count). The number of aromatic nitrogens is 2. The maximum absolute atomic E-state index is 11.7. The molecule has 110 valence electrons. The van der Waals surface area contributed by atoms with Crippen molar-refractivity contribution in [2.75, 3.05) is 6.54 Å². The predicted molar refractivity (Wildman–Crippen MR) is 78.0 cm³/mol. The molecule has 0 bridgehead atoms. The second-order valence-corrected chi connectivity index (χ2v) is 5.66. The largest absolute Gasteiger partial charge is 0.294 e. The van der Waals surface area contributed by atoms with E-state index < -0.39 is 0 Å². The van der Waals surface area contributed by atoms with Gasteiger partial charge in [0.15, 0.2) is 0 Å². The van der Waals surface area contributed by atoms with Crippen LogP contribution in [0.5, 0.6) is 0 Å². The standard InChI is InChI=1S/C13H19BrN4O2/c1-4-9-12(14)10(18(5-2)16-9)6-17-7-11(19)15-13(20)8(17)3/h8H,4-7H2,1-3H3,(H,15,19,20). The lowest BCUT2D eigenvalue weighted by molar-refractivity contribution is -0.139. The van der Waals surface area contributed by atoms with Crippen molar-refractivity contribution in [3.05, 3.63) is 15.9 Å². The van der Waals surface area contributed by atoms with E-state index >= 15 is 0 Å². The average Bonchev–Trinajstić information content (AvgIpc) is 2.72. The van der Waals surface area contributed by atoms with Crippen LogP contribution in [0.1, 0.15) is 32.2 Å². The maximum atomic E-state index is 11.7. The summed E-state index contributed by atoms with van der Waals surface area (Å²) in [4.78, 5) is 25.1. The number of hydrogen-bond acceptors (Lipinski definition) is 4. The van der Waals surface area contributed by atoms with Crippen LogP contribution >= 0.6 is 15.9 Å². The minimum absolute atomic E-state index is 0.232. The highest BCUT2D eigenvalue weighted by molar-refractivity contribution is 9.10. The lowest BCUT2D eigenvalue weighted by atomic mass is 10.2. The molecular weight excluding hydrogens is 324 g/mol. The van der Waals surface area contributed by atoms with Crippen LogP contribution in [0.3, 0.4) is 0 Å². The van der Waals surface area contributed by atoms with Gasteiger partial charge in [-0.15, -0.1) is 0 Å². The zero-order valence-corrected chi connectivity index (χ0v) is 13.5. The molecule has 1 saturated heterocycles. The molecule has 1 aliphatic rings. The zero-order valence-electron chi connectivity index (χ0n) is 11.9. The molecule has 0 aliphatic carbocycles. The molecule has 20 heavy (non-hydrogen) atoms. The summed E-state index contributed by atoms with van der Waals surface area (Å²) in [5.74, 6) is -0.488. The number of hydrogen-bond donors (Lipinski definition) is 1. The first-order valence-electron chi connectivity index (χ1n) is 6.79. The molecule has 1 N–H and O–H groups in total. The van der Waals surface area contributed by atoms with E-state index in [9.17, 15) is 9.59 Å². The van der Waals surface area contributed by atoms with Crippen molar-refractivity contribution < 1.29 is 9.59 Å². The number of amides is 2. The third-order valence-electron chi connectivity index (χ3n) is 3.58. The molecule has 2 heterocycles. The minimum Gasteiger partial charge on any atom is -0.294 e. The smallest absolute Gasteiger partial charge is 0.243 e. The van der Waals surface area contributed by atoms with Crippen molar-refractivity contribution in [1.29, 1.82) is 0 Å². The lowest BCUT2D eigenvalue weighted by Crippen LogP contribution is -2.56. The fourth-order valence-corrected chi connectivity index (χ4v) is 3.01. The summed E-state index contributed by atoms with van der Waals surface area (Å²) in [5.41, 5.74) is 2.01. The number of carbonyl (C=O) groups is 2. The van der Waals surface area contributed by atoms with Crippen LogP contribution in [0.4, 0.5) is 0 Å². The third-order valence-corrected chi connectivity index (χ3v) is 4.50. The number of halogens is 1. The summed E-state index contributed by atoms with van der Waals surface area (Å²) in [6, 6.07) is -0.315. The normalized spacial score (nSPS) is 20.3. The number of nitrogens with one attached hydrogen (secondary N) is 1. The highest BCUT2D eigenvalue weighted by Gasteiger charge is 2.31. The van der Waals surface area contributed by atoms with Crippen LogP contribution < -0.4 is 5.32 Å². The van der Waals surface area contributed by atoms with Crippen molar-refractivity contribution in [1.82, 2.24) is 20.0 Å². The van der Waals surface area contributed by atoms with E-state index in [0.717, 1.165) is 28.8 Å². The Morgan fingerprint density at radius 1 is 1.40 bits per heavy atom. The van der Waals surface area contributed by atoms with Gasteiger partial charge in [0.25, 0.3) is 0 Å². The van der Waals surface area contributed by atoms with Crippen LogP contribution in [-0.2, 0) is 29.1 Å². The minimum atomic E-state index is -0.315. The Bertz CT molecular complexity index is 541. The van der Waals surface area contributed by atoms with E-state index in [-0.39, 0.29) is 24.4 Å². The van der Waals surface area contributed by atoms with Gasteiger partial charge in [-0.3, -0.25) is 24.5 Å². The Balaban J connectivity index is 2.26. The van der Waals surface area contributed by atoms with Gasteiger partial charge >= 0.3 is 0 Å². The molecule has 1 unspecified atom stereocenters. The highest BCUT2D eigenvalue weighted by atomic mass is 79.9. The second-order valence-electron chi connectivity index (χ2n) is 4.87. The number of nitrogens with zero attached hydrogens (tertiary/aromatic N) is 3. The van der Waals surface area contributed by atoms with E-state index in [1.807, 2.05) is 23.4 Å². The van der Waals surface area contributed by atoms with Crippen LogP contribution in [-0.4, -0.2) is 39.1 Å². The number of carbonyl (C=O) groups excluding carboxylic acids is 2. The molecule has 0 radical (unpaired) electrons. The molecule has 1 aromatic rings. The molecular formula is C13H19BrN4O2. The first-order valence-corrected chi connectivity index (χ1v) is 7.59. The Kier molecular flexibility index (Phi) is 4.59. The zero-order chi connectivity index (χ0) is 14.9. The van der Waals surface area contributed by atoms with E-state index in [1.165, 1.54) is 0 Å². The van der Waals surface area contributed by atoms with Gasteiger partial charge in [0.05, 0.1) is 28.4 Å². The van der Waals surface area contributed by atoms with Crippen LogP contribution in [0.2, 0.25) is 0 Å². The fraction of sp³-hybridized carbons (Fsp3) is 0.615. The number of piperazine rings is 1. The monoisotopic (exact) mass is 342 g/mol. The number of rotatable bonds is 4. The number of imide groups is 1. The maximum Gasteiger partial charge on any atom is 0.243 e. The number of aryl methyl sites for hydroxylation is 2. The summed E-state index contributed by atoms with van der Waals surface area (Å²) < 4.78 is 2.90. The topological polar surface area (TPSA) is 67.2 Å². The fourth-order valence-electron chi connectivity index (χ4n) is 2.32. The van der Waals surface area contributed by atoms with Crippen molar-refractivity contribution in [3.8, 4) is 0 Å². The Hall–Kier alpha value is -1.21. The molecule has 7 heteroatoms.